The largest absolute Gasteiger partial charge is 0.300 e. The summed E-state index contributed by atoms with van der Waals surface area (Å²) in [6.45, 7) is 7.90. The van der Waals surface area contributed by atoms with E-state index in [1.165, 1.54) is 121 Å². The lowest BCUT2D eigenvalue weighted by Crippen LogP contribution is -2.39. The molecule has 0 amide bonds. The molecule has 1 aromatic rings. The number of nitrogens with zero attached hydrogens (tertiary/aromatic N) is 1. The molecule has 0 radical (unpaired) electrons. The third-order valence-electron chi connectivity index (χ3n) is 6.68. The molecular weight excluding hydrogens is 362 g/mol. The van der Waals surface area contributed by atoms with Gasteiger partial charge in [0.05, 0.1) is 20.6 Å². The van der Waals surface area contributed by atoms with Crippen LogP contribution in [0.3, 0.4) is 0 Å². The van der Waals surface area contributed by atoms with E-state index in [0.717, 1.165) is 10.9 Å². The summed E-state index contributed by atoms with van der Waals surface area (Å²) in [4.78, 5) is 0. The molecule has 0 saturated heterocycles. The molecule has 30 heavy (non-hydrogen) atoms. The molecule has 0 N–H and O–H groups in total. The van der Waals surface area contributed by atoms with Gasteiger partial charge in [0, 0.05) is 6.42 Å². The minimum absolute atomic E-state index is 0.952. The number of quaternary nitrogens is 1. The molecule has 0 atom stereocenters. The van der Waals surface area contributed by atoms with Crippen molar-refractivity contribution in [2.24, 2.45) is 0 Å². The molecule has 1 rings (SSSR count). The minimum Gasteiger partial charge on any atom is -0.300 e. The topological polar surface area (TPSA) is 0 Å². The van der Waals surface area contributed by atoms with Gasteiger partial charge in [0.1, 0.15) is 5.70 Å². The summed E-state index contributed by atoms with van der Waals surface area (Å²) in [7, 11) is 4.63. The Kier molecular flexibility index (Phi) is 15.8. The van der Waals surface area contributed by atoms with Gasteiger partial charge < -0.3 is 0 Å². The summed E-state index contributed by atoms with van der Waals surface area (Å²) in [5.74, 6) is 0. The molecule has 0 unspecified atom stereocenters. The highest BCUT2D eigenvalue weighted by molar-refractivity contribution is 5.18. The maximum atomic E-state index is 4.39. The van der Waals surface area contributed by atoms with E-state index in [0.29, 0.717) is 0 Å². The predicted octanol–water partition coefficient (Wildman–Crippen LogP) is 9.08. The molecular formula is C29H52N+. The number of likely N-dealkylation sites (N-methyl/N-ethyl adjacent to an activating group) is 1. The average Bonchev–Trinajstić information content (AvgIpc) is 2.74. The summed E-state index contributed by atoms with van der Waals surface area (Å²) in [5.41, 5.74) is 2.70. The first kappa shape index (κ1) is 27.0. The molecule has 0 aliphatic heterocycles. The van der Waals surface area contributed by atoms with Crippen LogP contribution in [-0.2, 0) is 6.42 Å². The standard InChI is InChI=1S/C29H52N/c1-5-6-7-8-9-10-11-12-13-14-15-16-17-18-19-23-26-30(3,4)28(2)27-29-24-21-20-22-25-29/h20-22,24-25H,2,5-19,23,26-27H2,1,3-4H3/q+1. The van der Waals surface area contributed by atoms with Gasteiger partial charge in [-0.05, 0) is 25.0 Å². The maximum Gasteiger partial charge on any atom is 0.105 e. The highest BCUT2D eigenvalue weighted by Gasteiger charge is 2.19. The van der Waals surface area contributed by atoms with Gasteiger partial charge in [0.2, 0.25) is 0 Å². The number of benzene rings is 1. The Morgan fingerprint density at radius 3 is 1.47 bits per heavy atom. The van der Waals surface area contributed by atoms with Gasteiger partial charge in [0.15, 0.2) is 0 Å². The Morgan fingerprint density at radius 1 is 0.633 bits per heavy atom. The van der Waals surface area contributed by atoms with Crippen molar-refractivity contribution in [1.82, 2.24) is 0 Å². The minimum atomic E-state index is 0.952. The molecule has 0 heterocycles. The number of hydrogen-bond acceptors (Lipinski definition) is 0. The van der Waals surface area contributed by atoms with Crippen molar-refractivity contribution in [3.8, 4) is 0 Å². The monoisotopic (exact) mass is 414 g/mol. The molecule has 0 fully saturated rings. The van der Waals surface area contributed by atoms with Crippen molar-refractivity contribution < 1.29 is 4.48 Å². The molecule has 1 nitrogen and oxygen atoms in total. The van der Waals surface area contributed by atoms with Gasteiger partial charge in [-0.25, -0.2) is 0 Å². The number of unbranched alkanes of at least 4 members (excludes halogenated alkanes) is 15. The zero-order valence-electron chi connectivity index (χ0n) is 20.8. The third kappa shape index (κ3) is 14.0. The van der Waals surface area contributed by atoms with Crippen LogP contribution < -0.4 is 0 Å². The second kappa shape index (κ2) is 17.6. The average molecular weight is 415 g/mol. The quantitative estimate of drug-likeness (QED) is 0.147. The normalized spacial score (nSPS) is 11.7. The summed E-state index contributed by atoms with van der Waals surface area (Å²) in [6.07, 6.45) is 23.9. The maximum absolute atomic E-state index is 4.39. The van der Waals surface area contributed by atoms with E-state index in [-0.39, 0.29) is 0 Å². The van der Waals surface area contributed by atoms with E-state index >= 15 is 0 Å². The smallest absolute Gasteiger partial charge is 0.105 e. The van der Waals surface area contributed by atoms with Crippen LogP contribution in [0.4, 0.5) is 0 Å². The number of allylic oxidation sites excluding steroid dienone is 1. The van der Waals surface area contributed by atoms with E-state index in [1.807, 2.05) is 0 Å². The molecule has 1 aromatic carbocycles. The van der Waals surface area contributed by atoms with E-state index < -0.39 is 0 Å². The molecule has 0 aromatic heterocycles. The Labute approximate surface area is 189 Å². The molecule has 1 heteroatoms. The van der Waals surface area contributed by atoms with Gasteiger partial charge in [0.25, 0.3) is 0 Å². The Hall–Kier alpha value is -1.08. The third-order valence-corrected chi connectivity index (χ3v) is 6.68. The predicted molar refractivity (Wildman–Crippen MR) is 136 cm³/mol. The van der Waals surface area contributed by atoms with E-state index in [4.69, 9.17) is 0 Å². The van der Waals surface area contributed by atoms with E-state index in [9.17, 15) is 0 Å². The Morgan fingerprint density at radius 2 is 1.03 bits per heavy atom. The zero-order valence-corrected chi connectivity index (χ0v) is 20.8. The Balaban J connectivity index is 1.90. The molecule has 0 aliphatic carbocycles. The van der Waals surface area contributed by atoms with Crippen LogP contribution in [0.5, 0.6) is 0 Å². The van der Waals surface area contributed by atoms with Gasteiger partial charge in [-0.15, -0.1) is 0 Å². The second-order valence-electron chi connectivity index (χ2n) is 9.94. The van der Waals surface area contributed by atoms with Gasteiger partial charge in [-0.1, -0.05) is 127 Å². The fraction of sp³-hybridized carbons (Fsp3) is 0.724. The Bertz CT molecular complexity index is 516. The fourth-order valence-corrected chi connectivity index (χ4v) is 4.26. The molecule has 172 valence electrons. The van der Waals surface area contributed by atoms with Crippen LogP contribution in [0.1, 0.15) is 115 Å². The van der Waals surface area contributed by atoms with E-state index in [2.05, 4.69) is 57.9 Å². The molecule has 0 aliphatic rings. The SMILES string of the molecule is C=C(Cc1ccccc1)[N+](C)(C)CCCCCCCCCCCCCCCCCC. The number of hydrogen-bond donors (Lipinski definition) is 0. The highest BCUT2D eigenvalue weighted by atomic mass is 15.3. The second-order valence-corrected chi connectivity index (χ2v) is 9.94. The van der Waals surface area contributed by atoms with Crippen LogP contribution in [0.2, 0.25) is 0 Å². The summed E-state index contributed by atoms with van der Waals surface area (Å²) in [6, 6.07) is 10.7. The summed E-state index contributed by atoms with van der Waals surface area (Å²) in [5, 5.41) is 0. The first-order chi connectivity index (χ1) is 14.6. The van der Waals surface area contributed by atoms with Crippen molar-refractivity contribution in [3.63, 3.8) is 0 Å². The first-order valence-corrected chi connectivity index (χ1v) is 13.1. The van der Waals surface area contributed by atoms with Crippen molar-refractivity contribution >= 4 is 0 Å². The van der Waals surface area contributed by atoms with E-state index in [1.54, 1.807) is 0 Å². The lowest BCUT2D eigenvalue weighted by atomic mass is 10.0. The summed E-state index contributed by atoms with van der Waals surface area (Å²) >= 11 is 0. The van der Waals surface area contributed by atoms with Gasteiger partial charge >= 0.3 is 0 Å². The first-order valence-electron chi connectivity index (χ1n) is 13.1. The van der Waals surface area contributed by atoms with Crippen molar-refractivity contribution in [2.45, 2.75) is 116 Å². The van der Waals surface area contributed by atoms with Crippen LogP contribution in [-0.4, -0.2) is 25.1 Å². The van der Waals surface area contributed by atoms with Crippen molar-refractivity contribution in [2.75, 3.05) is 20.6 Å². The van der Waals surface area contributed by atoms with Crippen LogP contribution >= 0.6 is 0 Å². The van der Waals surface area contributed by atoms with Gasteiger partial charge in [-0.2, -0.15) is 0 Å². The summed E-state index contributed by atoms with van der Waals surface area (Å²) < 4.78 is 0.952. The van der Waals surface area contributed by atoms with Crippen LogP contribution in [0.25, 0.3) is 0 Å². The molecule has 0 spiro atoms. The lowest BCUT2D eigenvalue weighted by molar-refractivity contribution is -0.853. The number of rotatable bonds is 20. The van der Waals surface area contributed by atoms with Crippen molar-refractivity contribution in [1.29, 1.82) is 0 Å². The molecule has 0 saturated carbocycles. The molecule has 0 bridgehead atoms. The lowest BCUT2D eigenvalue weighted by Gasteiger charge is -2.31. The van der Waals surface area contributed by atoms with Crippen LogP contribution in [0, 0.1) is 0 Å². The van der Waals surface area contributed by atoms with Crippen molar-refractivity contribution in [3.05, 3.63) is 48.2 Å². The van der Waals surface area contributed by atoms with Crippen LogP contribution in [0.15, 0.2) is 42.6 Å². The zero-order chi connectivity index (χ0) is 21.9. The highest BCUT2D eigenvalue weighted by Crippen LogP contribution is 2.18. The van der Waals surface area contributed by atoms with Gasteiger partial charge in [-0.3, -0.25) is 4.48 Å². The fourth-order valence-electron chi connectivity index (χ4n) is 4.26.